The van der Waals surface area contributed by atoms with E-state index in [9.17, 15) is 14.7 Å². The van der Waals surface area contributed by atoms with E-state index in [2.05, 4.69) is 12.2 Å². The second-order valence-electron chi connectivity index (χ2n) is 11.7. The maximum atomic E-state index is 13.7. The Hall–Kier alpha value is -1.92. The maximum Gasteiger partial charge on any atom is 0.343 e. The molecule has 1 aromatic carbocycles. The average molecular weight is 514 g/mol. The summed E-state index contributed by atoms with van der Waals surface area (Å²) in [4.78, 5) is 27.0. The molecule has 0 aromatic heterocycles. The first-order valence-corrected chi connectivity index (χ1v) is 14.8. The Balaban J connectivity index is 1.49. The van der Waals surface area contributed by atoms with Crippen molar-refractivity contribution >= 4 is 11.9 Å². The molecule has 2 N–H and O–H groups in total. The summed E-state index contributed by atoms with van der Waals surface area (Å²) in [5, 5.41) is 15.3. The van der Waals surface area contributed by atoms with Crippen LogP contribution in [0.25, 0.3) is 0 Å². The van der Waals surface area contributed by atoms with Crippen LogP contribution in [0.2, 0.25) is 0 Å². The molecule has 2 aliphatic carbocycles. The van der Waals surface area contributed by atoms with Gasteiger partial charge in [0.05, 0.1) is 5.92 Å². The van der Waals surface area contributed by atoms with Crippen LogP contribution >= 0.6 is 0 Å². The summed E-state index contributed by atoms with van der Waals surface area (Å²) in [5.41, 5.74) is -1.23. The normalized spacial score (nSPS) is 25.7. The molecule has 37 heavy (non-hydrogen) atoms. The summed E-state index contributed by atoms with van der Waals surface area (Å²) in [7, 11) is 0. The summed E-state index contributed by atoms with van der Waals surface area (Å²) in [6, 6.07) is 9.23. The monoisotopic (exact) mass is 513 g/mol. The summed E-state index contributed by atoms with van der Waals surface area (Å²) in [6.07, 6.45) is 11.3. The molecule has 4 atom stereocenters. The summed E-state index contributed by atoms with van der Waals surface area (Å²) < 4.78 is 12.3. The fourth-order valence-electron chi connectivity index (χ4n) is 6.89. The van der Waals surface area contributed by atoms with Gasteiger partial charge in [-0.15, -0.1) is 0 Å². The van der Waals surface area contributed by atoms with Crippen molar-refractivity contribution in [1.29, 1.82) is 0 Å². The van der Waals surface area contributed by atoms with Gasteiger partial charge in [-0.25, -0.2) is 4.79 Å². The van der Waals surface area contributed by atoms with E-state index in [1.54, 1.807) is 0 Å². The van der Waals surface area contributed by atoms with Gasteiger partial charge in [0.25, 0.3) is 0 Å². The number of hydrogen-bond acceptors (Lipinski definition) is 6. The predicted molar refractivity (Wildman–Crippen MR) is 144 cm³/mol. The van der Waals surface area contributed by atoms with Gasteiger partial charge in [-0.1, -0.05) is 82.7 Å². The summed E-state index contributed by atoms with van der Waals surface area (Å²) in [5.74, 6) is -1.03. The molecule has 0 amide bonds. The first kappa shape index (κ1) is 28.1. The van der Waals surface area contributed by atoms with E-state index >= 15 is 0 Å². The van der Waals surface area contributed by atoms with Crippen molar-refractivity contribution in [2.45, 2.75) is 115 Å². The number of aliphatic hydroxyl groups is 1. The van der Waals surface area contributed by atoms with E-state index in [1.807, 2.05) is 37.3 Å². The molecule has 1 heterocycles. The highest BCUT2D eigenvalue weighted by Gasteiger charge is 2.60. The molecule has 0 bridgehead atoms. The Morgan fingerprint density at radius 1 is 1.05 bits per heavy atom. The number of rotatable bonds is 12. The zero-order chi connectivity index (χ0) is 26.3. The van der Waals surface area contributed by atoms with Gasteiger partial charge < -0.3 is 19.9 Å². The van der Waals surface area contributed by atoms with Crippen molar-refractivity contribution in [2.75, 3.05) is 13.1 Å². The molecule has 3 aliphatic rings. The number of esters is 2. The molecule has 3 fully saturated rings. The number of hydrogen-bond donors (Lipinski definition) is 2. The lowest BCUT2D eigenvalue weighted by atomic mass is 9.59. The maximum absolute atomic E-state index is 13.7. The van der Waals surface area contributed by atoms with Crippen molar-refractivity contribution in [3.8, 4) is 0 Å². The van der Waals surface area contributed by atoms with Crippen LogP contribution in [0.5, 0.6) is 0 Å². The molecule has 2 saturated carbocycles. The largest absolute Gasteiger partial charge is 0.458 e. The van der Waals surface area contributed by atoms with Crippen LogP contribution in [0.3, 0.4) is 0 Å². The average Bonchev–Trinajstić information content (AvgIpc) is 3.48. The SMILES string of the molecule is CCCCCCC(CC)C(=O)OC1C(OC(=O)C(O)(c2ccccc2)C2CCCC2)CC12CCNCC2. The lowest BCUT2D eigenvalue weighted by molar-refractivity contribution is -0.234. The minimum absolute atomic E-state index is 0.118. The number of benzene rings is 1. The molecule has 1 aliphatic heterocycles. The highest BCUT2D eigenvalue weighted by molar-refractivity contribution is 5.82. The van der Waals surface area contributed by atoms with Crippen LogP contribution in [0.1, 0.15) is 103 Å². The van der Waals surface area contributed by atoms with Gasteiger partial charge in [-0.3, -0.25) is 4.79 Å². The lowest BCUT2D eigenvalue weighted by Crippen LogP contribution is -2.63. The molecule has 1 spiro atoms. The van der Waals surface area contributed by atoms with Crippen molar-refractivity contribution < 1.29 is 24.2 Å². The molecule has 1 saturated heterocycles. The minimum atomic E-state index is -1.67. The van der Waals surface area contributed by atoms with E-state index in [-0.39, 0.29) is 23.2 Å². The Morgan fingerprint density at radius 3 is 2.41 bits per heavy atom. The topological polar surface area (TPSA) is 84.9 Å². The fourth-order valence-corrected chi connectivity index (χ4v) is 6.89. The van der Waals surface area contributed by atoms with Crippen molar-refractivity contribution in [2.24, 2.45) is 17.3 Å². The number of unbranched alkanes of at least 4 members (excludes halogenated alkanes) is 3. The second kappa shape index (κ2) is 12.8. The van der Waals surface area contributed by atoms with Gasteiger partial charge in [0.15, 0.2) is 5.60 Å². The first-order valence-electron chi connectivity index (χ1n) is 14.8. The molecule has 6 heteroatoms. The standard InChI is InChI=1S/C31H47NO5/c1-3-5-6-8-13-23(4-2)28(33)37-27-26(22-30(27)18-20-32-21-19-30)36-29(34)31(35,25-16-11-12-17-25)24-14-9-7-10-15-24/h7,9-10,14-15,23,25-27,32,35H,3-6,8,11-13,16-22H2,1-2H3. The minimum Gasteiger partial charge on any atom is -0.458 e. The van der Waals surface area contributed by atoms with Crippen LogP contribution in [0.4, 0.5) is 0 Å². The highest BCUT2D eigenvalue weighted by atomic mass is 16.6. The van der Waals surface area contributed by atoms with Crippen molar-refractivity contribution in [1.82, 2.24) is 5.32 Å². The van der Waals surface area contributed by atoms with Crippen LogP contribution in [-0.4, -0.2) is 42.3 Å². The number of carbonyl (C=O) groups is 2. The smallest absolute Gasteiger partial charge is 0.343 e. The van der Waals surface area contributed by atoms with Crippen LogP contribution in [0.15, 0.2) is 30.3 Å². The Morgan fingerprint density at radius 2 is 1.76 bits per heavy atom. The quantitative estimate of drug-likeness (QED) is 0.277. The van der Waals surface area contributed by atoms with Crippen LogP contribution in [-0.2, 0) is 24.7 Å². The zero-order valence-corrected chi connectivity index (χ0v) is 22.9. The Labute approximate surface area is 222 Å². The van der Waals surface area contributed by atoms with Gasteiger partial charge in [-0.2, -0.15) is 0 Å². The second-order valence-corrected chi connectivity index (χ2v) is 11.7. The van der Waals surface area contributed by atoms with Gasteiger partial charge in [-0.05, 0) is 63.6 Å². The third-order valence-corrected chi connectivity index (χ3v) is 9.35. The third kappa shape index (κ3) is 6.06. The van der Waals surface area contributed by atoms with Crippen LogP contribution in [0, 0.1) is 17.3 Å². The van der Waals surface area contributed by atoms with Gasteiger partial charge in [0, 0.05) is 11.3 Å². The molecular formula is C31H47NO5. The molecule has 4 rings (SSSR count). The molecule has 206 valence electrons. The fraction of sp³-hybridized carbons (Fsp3) is 0.742. The number of carbonyl (C=O) groups excluding carboxylic acids is 2. The molecule has 4 unspecified atom stereocenters. The highest BCUT2D eigenvalue weighted by Crippen LogP contribution is 2.52. The van der Waals surface area contributed by atoms with E-state index in [4.69, 9.17) is 9.47 Å². The van der Waals surface area contributed by atoms with E-state index < -0.39 is 23.8 Å². The van der Waals surface area contributed by atoms with Gasteiger partial charge in [0.2, 0.25) is 0 Å². The van der Waals surface area contributed by atoms with Gasteiger partial charge in [0.1, 0.15) is 12.2 Å². The van der Waals surface area contributed by atoms with Crippen molar-refractivity contribution in [3.63, 3.8) is 0 Å². The van der Waals surface area contributed by atoms with Gasteiger partial charge >= 0.3 is 11.9 Å². The number of ether oxygens (including phenoxy) is 2. The summed E-state index contributed by atoms with van der Waals surface area (Å²) >= 11 is 0. The van der Waals surface area contributed by atoms with E-state index in [1.165, 1.54) is 12.8 Å². The molecule has 0 radical (unpaired) electrons. The molecular weight excluding hydrogens is 466 g/mol. The number of piperidine rings is 1. The lowest BCUT2D eigenvalue weighted by Gasteiger charge is -2.55. The Bertz CT molecular complexity index is 877. The molecule has 1 aromatic rings. The first-order chi connectivity index (χ1) is 17.9. The number of nitrogens with one attached hydrogen (secondary N) is 1. The predicted octanol–water partition coefficient (Wildman–Crippen LogP) is 5.66. The summed E-state index contributed by atoms with van der Waals surface area (Å²) in [6.45, 7) is 5.98. The van der Waals surface area contributed by atoms with E-state index in [0.29, 0.717) is 12.0 Å². The Kier molecular flexibility index (Phi) is 9.68. The third-order valence-electron chi connectivity index (χ3n) is 9.35. The zero-order valence-electron chi connectivity index (χ0n) is 22.9. The van der Waals surface area contributed by atoms with E-state index in [0.717, 1.165) is 77.3 Å². The van der Waals surface area contributed by atoms with Crippen LogP contribution < -0.4 is 5.32 Å². The van der Waals surface area contributed by atoms with Crippen molar-refractivity contribution in [3.05, 3.63) is 35.9 Å². The molecule has 6 nitrogen and oxygen atoms in total.